The predicted octanol–water partition coefficient (Wildman–Crippen LogP) is 2.08. The molecule has 0 radical (unpaired) electrons. The average Bonchev–Trinajstić information content (AvgIpc) is 2.39. The summed E-state index contributed by atoms with van der Waals surface area (Å²) in [6, 6.07) is 3.83. The van der Waals surface area contributed by atoms with Gasteiger partial charge in [0.2, 0.25) is 0 Å². The van der Waals surface area contributed by atoms with Crippen molar-refractivity contribution in [2.45, 2.75) is 32.1 Å². The van der Waals surface area contributed by atoms with Gasteiger partial charge >= 0.3 is 0 Å². The molecule has 1 aromatic rings. The Morgan fingerprint density at radius 1 is 1.06 bits per heavy atom. The molecular formula is C13H20N4. The molecular weight excluding hydrogens is 212 g/mol. The molecule has 2 N–H and O–H groups in total. The summed E-state index contributed by atoms with van der Waals surface area (Å²) in [6.07, 6.45) is 6.98. The van der Waals surface area contributed by atoms with Gasteiger partial charge in [-0.3, -0.25) is 0 Å². The molecule has 4 nitrogen and oxygen atoms in total. The first kappa shape index (κ1) is 10.8. The minimum absolute atomic E-state index is 0.501. The van der Waals surface area contributed by atoms with Crippen LogP contribution in [0.1, 0.15) is 32.1 Å². The first-order valence-corrected chi connectivity index (χ1v) is 6.67. The summed E-state index contributed by atoms with van der Waals surface area (Å²) in [6.45, 7) is 2.28. The number of anilines is 2. The van der Waals surface area contributed by atoms with Crippen LogP contribution in [0.15, 0.2) is 12.1 Å². The lowest BCUT2D eigenvalue weighted by atomic mass is 9.75. The lowest BCUT2D eigenvalue weighted by Crippen LogP contribution is -2.42. The Morgan fingerprint density at radius 3 is 2.65 bits per heavy atom. The van der Waals surface area contributed by atoms with Gasteiger partial charge in [0.25, 0.3) is 0 Å². The zero-order valence-corrected chi connectivity index (χ0v) is 10.2. The van der Waals surface area contributed by atoms with Crippen molar-refractivity contribution in [3.05, 3.63) is 12.1 Å². The minimum Gasteiger partial charge on any atom is -0.382 e. The van der Waals surface area contributed by atoms with Crippen LogP contribution in [0.5, 0.6) is 0 Å². The quantitative estimate of drug-likeness (QED) is 0.805. The first-order valence-electron chi connectivity index (χ1n) is 6.67. The van der Waals surface area contributed by atoms with E-state index in [1.165, 1.54) is 32.1 Å². The van der Waals surface area contributed by atoms with Crippen molar-refractivity contribution in [3.63, 3.8) is 0 Å². The summed E-state index contributed by atoms with van der Waals surface area (Å²) in [5.41, 5.74) is 5.57. The number of hydrogen-bond donors (Lipinski definition) is 1. The standard InChI is InChI=1S/C13H20N4/c14-12-5-6-13(16-15-12)17-8-7-10-3-1-2-4-11(10)9-17/h5-6,10-11H,1-4,7-9H2,(H2,14,15). The normalized spacial score (nSPS) is 28.8. The molecule has 1 saturated carbocycles. The Morgan fingerprint density at radius 2 is 1.88 bits per heavy atom. The van der Waals surface area contributed by atoms with E-state index in [1.807, 2.05) is 12.1 Å². The highest BCUT2D eigenvalue weighted by atomic mass is 15.3. The zero-order chi connectivity index (χ0) is 11.7. The zero-order valence-electron chi connectivity index (χ0n) is 10.2. The van der Waals surface area contributed by atoms with Crippen LogP contribution in [0.3, 0.4) is 0 Å². The highest BCUT2D eigenvalue weighted by Gasteiger charge is 2.31. The predicted molar refractivity (Wildman–Crippen MR) is 68.7 cm³/mol. The van der Waals surface area contributed by atoms with Crippen molar-refractivity contribution in [1.29, 1.82) is 0 Å². The minimum atomic E-state index is 0.501. The summed E-state index contributed by atoms with van der Waals surface area (Å²) in [4.78, 5) is 2.37. The van der Waals surface area contributed by atoms with Crippen molar-refractivity contribution in [3.8, 4) is 0 Å². The summed E-state index contributed by atoms with van der Waals surface area (Å²) in [5, 5.41) is 8.13. The Labute approximate surface area is 102 Å². The second-order valence-electron chi connectivity index (χ2n) is 5.36. The van der Waals surface area contributed by atoms with Crippen LogP contribution in [0, 0.1) is 11.8 Å². The van der Waals surface area contributed by atoms with Crippen LogP contribution >= 0.6 is 0 Å². The topological polar surface area (TPSA) is 55.0 Å². The van der Waals surface area contributed by atoms with Crippen molar-refractivity contribution < 1.29 is 0 Å². The maximum absolute atomic E-state index is 5.57. The molecule has 1 aliphatic carbocycles. The van der Waals surface area contributed by atoms with E-state index < -0.39 is 0 Å². The van der Waals surface area contributed by atoms with E-state index in [1.54, 1.807) is 0 Å². The fourth-order valence-corrected chi connectivity index (χ4v) is 3.31. The van der Waals surface area contributed by atoms with Crippen LogP contribution in [0.2, 0.25) is 0 Å². The van der Waals surface area contributed by atoms with E-state index >= 15 is 0 Å². The second-order valence-corrected chi connectivity index (χ2v) is 5.36. The van der Waals surface area contributed by atoms with Crippen LogP contribution in [0.4, 0.5) is 11.6 Å². The third kappa shape index (κ3) is 2.21. The molecule has 2 heterocycles. The van der Waals surface area contributed by atoms with Gasteiger partial charge < -0.3 is 10.6 Å². The van der Waals surface area contributed by atoms with Gasteiger partial charge in [-0.25, -0.2) is 0 Å². The van der Waals surface area contributed by atoms with Gasteiger partial charge in [0.15, 0.2) is 5.82 Å². The number of piperidine rings is 1. The molecule has 92 valence electrons. The monoisotopic (exact) mass is 232 g/mol. The number of nitrogens with zero attached hydrogens (tertiary/aromatic N) is 3. The van der Waals surface area contributed by atoms with Gasteiger partial charge in [-0.2, -0.15) is 0 Å². The smallest absolute Gasteiger partial charge is 0.151 e. The molecule has 4 heteroatoms. The summed E-state index contributed by atoms with van der Waals surface area (Å²) in [5.74, 6) is 3.32. The number of fused-ring (bicyclic) bond motifs is 1. The molecule has 2 atom stereocenters. The van der Waals surface area contributed by atoms with Gasteiger partial charge in [-0.1, -0.05) is 19.3 Å². The molecule has 17 heavy (non-hydrogen) atoms. The number of nitrogen functional groups attached to an aromatic ring is 1. The Bertz CT molecular complexity index is 376. The molecule has 2 unspecified atom stereocenters. The molecule has 0 aromatic carbocycles. The number of aromatic nitrogens is 2. The number of rotatable bonds is 1. The largest absolute Gasteiger partial charge is 0.382 e. The van der Waals surface area contributed by atoms with Crippen LogP contribution < -0.4 is 10.6 Å². The maximum atomic E-state index is 5.57. The van der Waals surface area contributed by atoms with Crippen molar-refractivity contribution in [2.24, 2.45) is 11.8 Å². The SMILES string of the molecule is Nc1ccc(N2CCC3CCCCC3C2)nn1. The van der Waals surface area contributed by atoms with E-state index in [4.69, 9.17) is 5.73 Å². The van der Waals surface area contributed by atoms with Crippen LogP contribution in [-0.2, 0) is 0 Å². The van der Waals surface area contributed by atoms with Crippen molar-refractivity contribution >= 4 is 11.6 Å². The molecule has 2 aliphatic rings. The van der Waals surface area contributed by atoms with Gasteiger partial charge in [-0.05, 0) is 36.8 Å². The molecule has 2 fully saturated rings. The first-order chi connectivity index (χ1) is 8.33. The van der Waals surface area contributed by atoms with E-state index in [0.29, 0.717) is 5.82 Å². The Balaban J connectivity index is 1.71. The highest BCUT2D eigenvalue weighted by molar-refractivity contribution is 5.41. The number of hydrogen-bond acceptors (Lipinski definition) is 4. The van der Waals surface area contributed by atoms with Gasteiger partial charge in [0, 0.05) is 13.1 Å². The van der Waals surface area contributed by atoms with Crippen molar-refractivity contribution in [1.82, 2.24) is 10.2 Å². The highest BCUT2D eigenvalue weighted by Crippen LogP contribution is 2.36. The molecule has 3 rings (SSSR count). The lowest BCUT2D eigenvalue weighted by molar-refractivity contribution is 0.202. The fourth-order valence-electron chi connectivity index (χ4n) is 3.31. The van der Waals surface area contributed by atoms with Crippen molar-refractivity contribution in [2.75, 3.05) is 23.7 Å². The lowest BCUT2D eigenvalue weighted by Gasteiger charge is -2.41. The summed E-state index contributed by atoms with van der Waals surface area (Å²) < 4.78 is 0. The molecule has 0 bridgehead atoms. The average molecular weight is 232 g/mol. The summed E-state index contributed by atoms with van der Waals surface area (Å²) in [7, 11) is 0. The van der Waals surface area contributed by atoms with Gasteiger partial charge in [-0.15, -0.1) is 10.2 Å². The van der Waals surface area contributed by atoms with Crippen LogP contribution in [-0.4, -0.2) is 23.3 Å². The summed E-state index contributed by atoms with van der Waals surface area (Å²) >= 11 is 0. The fraction of sp³-hybridized carbons (Fsp3) is 0.692. The third-order valence-corrected chi connectivity index (χ3v) is 4.29. The second kappa shape index (κ2) is 4.51. The van der Waals surface area contributed by atoms with E-state index in [2.05, 4.69) is 15.1 Å². The molecule has 1 saturated heterocycles. The third-order valence-electron chi connectivity index (χ3n) is 4.29. The number of nitrogens with two attached hydrogens (primary N) is 1. The maximum Gasteiger partial charge on any atom is 0.151 e. The molecule has 0 spiro atoms. The van der Waals surface area contributed by atoms with E-state index in [9.17, 15) is 0 Å². The molecule has 1 aliphatic heterocycles. The van der Waals surface area contributed by atoms with E-state index in [0.717, 1.165) is 30.7 Å². The Hall–Kier alpha value is -1.32. The van der Waals surface area contributed by atoms with Gasteiger partial charge in [0.05, 0.1) is 0 Å². The van der Waals surface area contributed by atoms with Gasteiger partial charge in [0.1, 0.15) is 5.82 Å². The van der Waals surface area contributed by atoms with Crippen LogP contribution in [0.25, 0.3) is 0 Å². The molecule has 1 aromatic heterocycles. The Kier molecular flexibility index (Phi) is 2.87. The molecule has 0 amide bonds. The van der Waals surface area contributed by atoms with E-state index in [-0.39, 0.29) is 0 Å².